The Kier molecular flexibility index (Phi) is 14.3. The average molecular weight is 327 g/mol. The van der Waals surface area contributed by atoms with E-state index in [2.05, 4.69) is 34.6 Å². The zero-order valence-electron chi connectivity index (χ0n) is 17.0. The number of unbranched alkanes of at least 4 members (excludes halogenated alkanes) is 10. The largest absolute Gasteiger partial charge is 0.389 e. The highest BCUT2D eigenvalue weighted by Crippen LogP contribution is 2.35. The van der Waals surface area contributed by atoms with Crippen LogP contribution in [0.25, 0.3) is 0 Å². The quantitative estimate of drug-likeness (QED) is 0.291. The third-order valence-electron chi connectivity index (χ3n) is 6.11. The van der Waals surface area contributed by atoms with Gasteiger partial charge in [0.1, 0.15) is 0 Å². The van der Waals surface area contributed by atoms with E-state index in [9.17, 15) is 5.11 Å². The highest BCUT2D eigenvalue weighted by Gasteiger charge is 2.36. The predicted molar refractivity (Wildman–Crippen MR) is 105 cm³/mol. The van der Waals surface area contributed by atoms with Crippen molar-refractivity contribution in [3.63, 3.8) is 0 Å². The Morgan fingerprint density at radius 3 is 1.30 bits per heavy atom. The van der Waals surface area contributed by atoms with E-state index in [0.717, 1.165) is 19.3 Å². The SMILES string of the molecule is CCCCCCCCCCCCCC(O)(C(C)CC)C(C)CC. The standard InChI is InChI=1S/C22H46O/c1-6-9-10-11-12-13-14-15-16-17-18-19-22(23,20(4)7-2)21(5)8-3/h20-21,23H,6-19H2,1-5H3. The molecule has 0 aliphatic heterocycles. The number of hydrogen-bond donors (Lipinski definition) is 1. The summed E-state index contributed by atoms with van der Waals surface area (Å²) in [7, 11) is 0. The molecule has 2 unspecified atom stereocenters. The average Bonchev–Trinajstić information content (AvgIpc) is 2.57. The molecule has 140 valence electrons. The first-order valence-electron chi connectivity index (χ1n) is 10.7. The maximum absolute atomic E-state index is 11.1. The summed E-state index contributed by atoms with van der Waals surface area (Å²) in [5, 5.41) is 11.1. The van der Waals surface area contributed by atoms with Crippen LogP contribution in [-0.4, -0.2) is 10.7 Å². The fourth-order valence-corrected chi connectivity index (χ4v) is 3.76. The minimum absolute atomic E-state index is 0.417. The molecule has 1 heteroatoms. The smallest absolute Gasteiger partial charge is 0.0698 e. The molecule has 0 bridgehead atoms. The molecule has 0 spiro atoms. The van der Waals surface area contributed by atoms with Crippen LogP contribution in [0, 0.1) is 11.8 Å². The Morgan fingerprint density at radius 1 is 0.609 bits per heavy atom. The molecule has 1 nitrogen and oxygen atoms in total. The fourth-order valence-electron chi connectivity index (χ4n) is 3.76. The first-order valence-corrected chi connectivity index (χ1v) is 10.7. The summed E-state index contributed by atoms with van der Waals surface area (Å²) in [5.41, 5.74) is -0.442. The van der Waals surface area contributed by atoms with Crippen LogP contribution in [0.15, 0.2) is 0 Å². The lowest BCUT2D eigenvalue weighted by Crippen LogP contribution is -2.42. The van der Waals surface area contributed by atoms with E-state index in [-0.39, 0.29) is 0 Å². The Hall–Kier alpha value is -0.0400. The van der Waals surface area contributed by atoms with Crippen molar-refractivity contribution in [2.45, 2.75) is 130 Å². The van der Waals surface area contributed by atoms with E-state index in [0.29, 0.717) is 11.8 Å². The van der Waals surface area contributed by atoms with Crippen LogP contribution in [0.4, 0.5) is 0 Å². The van der Waals surface area contributed by atoms with Crippen molar-refractivity contribution in [1.29, 1.82) is 0 Å². The molecular weight excluding hydrogens is 280 g/mol. The van der Waals surface area contributed by atoms with E-state index in [1.54, 1.807) is 0 Å². The van der Waals surface area contributed by atoms with E-state index in [4.69, 9.17) is 0 Å². The molecule has 0 saturated carbocycles. The highest BCUT2D eigenvalue weighted by molar-refractivity contribution is 4.87. The maximum atomic E-state index is 11.1. The van der Waals surface area contributed by atoms with E-state index < -0.39 is 5.60 Å². The molecule has 2 atom stereocenters. The van der Waals surface area contributed by atoms with E-state index in [1.165, 1.54) is 70.6 Å². The number of hydrogen-bond acceptors (Lipinski definition) is 1. The molecule has 23 heavy (non-hydrogen) atoms. The van der Waals surface area contributed by atoms with Gasteiger partial charge >= 0.3 is 0 Å². The lowest BCUT2D eigenvalue weighted by atomic mass is 9.73. The van der Waals surface area contributed by atoms with Crippen molar-refractivity contribution in [2.75, 3.05) is 0 Å². The van der Waals surface area contributed by atoms with Crippen LogP contribution in [0.1, 0.15) is 125 Å². The molecule has 0 aliphatic carbocycles. The third kappa shape index (κ3) is 9.75. The fraction of sp³-hybridized carbons (Fsp3) is 1.00. The highest BCUT2D eigenvalue weighted by atomic mass is 16.3. The summed E-state index contributed by atoms with van der Waals surface area (Å²) in [4.78, 5) is 0. The molecule has 0 aliphatic rings. The number of rotatable bonds is 16. The molecule has 0 aromatic carbocycles. The van der Waals surface area contributed by atoms with Crippen molar-refractivity contribution in [2.24, 2.45) is 11.8 Å². The Labute approximate surface area is 147 Å². The minimum atomic E-state index is -0.442. The van der Waals surface area contributed by atoms with Gasteiger partial charge in [0.15, 0.2) is 0 Å². The van der Waals surface area contributed by atoms with Gasteiger partial charge in [-0.1, -0.05) is 118 Å². The van der Waals surface area contributed by atoms with Crippen molar-refractivity contribution < 1.29 is 5.11 Å². The predicted octanol–water partition coefficient (Wildman–Crippen LogP) is 7.51. The molecule has 0 fully saturated rings. The van der Waals surface area contributed by atoms with Gasteiger partial charge in [-0.2, -0.15) is 0 Å². The summed E-state index contributed by atoms with van der Waals surface area (Å²) in [6, 6.07) is 0. The van der Waals surface area contributed by atoms with Crippen molar-refractivity contribution >= 4 is 0 Å². The van der Waals surface area contributed by atoms with Crippen LogP contribution in [0.3, 0.4) is 0 Å². The first-order chi connectivity index (χ1) is 11.0. The minimum Gasteiger partial charge on any atom is -0.389 e. The molecule has 0 aromatic rings. The van der Waals surface area contributed by atoms with Crippen molar-refractivity contribution in [3.05, 3.63) is 0 Å². The zero-order valence-corrected chi connectivity index (χ0v) is 17.0. The molecule has 1 N–H and O–H groups in total. The topological polar surface area (TPSA) is 20.2 Å². The third-order valence-corrected chi connectivity index (χ3v) is 6.11. The molecule has 0 rings (SSSR count). The van der Waals surface area contributed by atoms with Gasteiger partial charge in [0, 0.05) is 0 Å². The van der Waals surface area contributed by atoms with Crippen LogP contribution in [0.5, 0.6) is 0 Å². The molecule has 0 radical (unpaired) electrons. The van der Waals surface area contributed by atoms with Crippen molar-refractivity contribution in [3.8, 4) is 0 Å². The summed E-state index contributed by atoms with van der Waals surface area (Å²) in [5.74, 6) is 0.834. The number of aliphatic hydroxyl groups is 1. The van der Waals surface area contributed by atoms with E-state index in [1.807, 2.05) is 0 Å². The van der Waals surface area contributed by atoms with Crippen LogP contribution >= 0.6 is 0 Å². The first kappa shape index (κ1) is 23.0. The van der Waals surface area contributed by atoms with Gasteiger partial charge in [-0.3, -0.25) is 0 Å². The maximum Gasteiger partial charge on any atom is 0.0698 e. The Morgan fingerprint density at radius 2 is 0.957 bits per heavy atom. The zero-order chi connectivity index (χ0) is 17.6. The van der Waals surface area contributed by atoms with Gasteiger partial charge in [-0.05, 0) is 18.3 Å². The molecule has 0 aromatic heterocycles. The summed E-state index contributed by atoms with van der Waals surface area (Å²) >= 11 is 0. The Bertz CT molecular complexity index is 238. The van der Waals surface area contributed by atoms with E-state index >= 15 is 0 Å². The molecular formula is C22H46O. The summed E-state index contributed by atoms with van der Waals surface area (Å²) in [6.45, 7) is 11.1. The lowest BCUT2D eigenvalue weighted by molar-refractivity contribution is -0.0694. The van der Waals surface area contributed by atoms with Gasteiger partial charge in [0.2, 0.25) is 0 Å². The summed E-state index contributed by atoms with van der Waals surface area (Å²) in [6.07, 6.45) is 18.3. The van der Waals surface area contributed by atoms with Crippen LogP contribution in [0.2, 0.25) is 0 Å². The normalized spacial score (nSPS) is 17.0. The molecule has 0 saturated heterocycles. The lowest BCUT2D eigenvalue weighted by Gasteiger charge is -2.39. The van der Waals surface area contributed by atoms with Crippen LogP contribution in [-0.2, 0) is 0 Å². The second-order valence-electron chi connectivity index (χ2n) is 7.90. The summed E-state index contributed by atoms with van der Waals surface area (Å²) < 4.78 is 0. The molecule has 0 amide bonds. The Balaban J connectivity index is 3.71. The van der Waals surface area contributed by atoms with Gasteiger partial charge in [0.25, 0.3) is 0 Å². The second kappa shape index (κ2) is 14.3. The van der Waals surface area contributed by atoms with Crippen molar-refractivity contribution in [1.82, 2.24) is 0 Å². The second-order valence-corrected chi connectivity index (χ2v) is 7.90. The molecule has 0 heterocycles. The van der Waals surface area contributed by atoms with Gasteiger partial charge < -0.3 is 5.11 Å². The van der Waals surface area contributed by atoms with Gasteiger partial charge in [0.05, 0.1) is 5.60 Å². The van der Waals surface area contributed by atoms with Gasteiger partial charge in [-0.25, -0.2) is 0 Å². The van der Waals surface area contributed by atoms with Gasteiger partial charge in [-0.15, -0.1) is 0 Å². The monoisotopic (exact) mass is 326 g/mol. The van der Waals surface area contributed by atoms with Crippen LogP contribution < -0.4 is 0 Å².